The molecular formula is C16H18O3. The molecule has 0 bridgehead atoms. The number of benzene rings is 1. The quantitative estimate of drug-likeness (QED) is 0.630. The van der Waals surface area contributed by atoms with Crippen LogP contribution in [-0.2, 0) is 4.79 Å². The van der Waals surface area contributed by atoms with Crippen molar-refractivity contribution in [3.05, 3.63) is 54.6 Å². The molecule has 1 aliphatic carbocycles. The summed E-state index contributed by atoms with van der Waals surface area (Å²) in [6, 6.07) is 9.62. The lowest BCUT2D eigenvalue weighted by molar-refractivity contribution is -0.112. The molecule has 1 N–H and O–H groups in total. The first-order valence-corrected chi connectivity index (χ1v) is 6.45. The van der Waals surface area contributed by atoms with E-state index in [1.807, 2.05) is 30.3 Å². The van der Waals surface area contributed by atoms with Gasteiger partial charge in [0.25, 0.3) is 0 Å². The second-order valence-electron chi connectivity index (χ2n) is 4.72. The Kier molecular flexibility index (Phi) is 4.17. The Balaban J connectivity index is 1.69. The summed E-state index contributed by atoms with van der Waals surface area (Å²) in [6.45, 7) is 4.24. The zero-order valence-electron chi connectivity index (χ0n) is 10.8. The van der Waals surface area contributed by atoms with Crippen molar-refractivity contribution in [3.63, 3.8) is 0 Å². The molecular weight excluding hydrogens is 240 g/mol. The van der Waals surface area contributed by atoms with E-state index in [4.69, 9.17) is 4.74 Å². The second-order valence-corrected chi connectivity index (χ2v) is 4.72. The average Bonchev–Trinajstić information content (AvgIpc) is 2.68. The molecule has 1 aliphatic rings. The number of unbranched alkanes of at least 4 members (excludes halogenated alkanes) is 1. The first kappa shape index (κ1) is 13.6. The Morgan fingerprint density at radius 1 is 1.21 bits per heavy atom. The highest BCUT2D eigenvalue weighted by atomic mass is 16.5. The summed E-state index contributed by atoms with van der Waals surface area (Å²) in [4.78, 5) is 11.3. The van der Waals surface area contributed by atoms with Crippen molar-refractivity contribution in [2.24, 2.45) is 0 Å². The number of ketones is 1. The smallest absolute Gasteiger partial charge is 0.184 e. The van der Waals surface area contributed by atoms with Crippen molar-refractivity contribution < 1.29 is 14.6 Å². The van der Waals surface area contributed by atoms with Crippen molar-refractivity contribution in [3.8, 4) is 5.75 Å². The molecule has 100 valence electrons. The number of carbonyl (C=O) groups excluding carboxylic acids is 1. The van der Waals surface area contributed by atoms with Crippen LogP contribution in [0.25, 0.3) is 0 Å². The van der Waals surface area contributed by atoms with Gasteiger partial charge in [-0.15, -0.1) is 0 Å². The summed E-state index contributed by atoms with van der Waals surface area (Å²) in [6.07, 6.45) is 5.04. The fraction of sp³-hybridized carbons (Fsp3) is 0.312. The minimum Gasteiger partial charge on any atom is -0.494 e. The monoisotopic (exact) mass is 258 g/mol. The minimum absolute atomic E-state index is 0.178. The fourth-order valence-corrected chi connectivity index (χ4v) is 2.07. The number of rotatable bonds is 6. The van der Waals surface area contributed by atoms with E-state index in [0.717, 1.165) is 18.6 Å². The predicted molar refractivity (Wildman–Crippen MR) is 74.0 cm³/mol. The van der Waals surface area contributed by atoms with E-state index < -0.39 is 5.60 Å². The van der Waals surface area contributed by atoms with Gasteiger partial charge in [0, 0.05) is 5.57 Å². The van der Waals surface area contributed by atoms with Gasteiger partial charge in [0.2, 0.25) is 0 Å². The van der Waals surface area contributed by atoms with Crippen LogP contribution in [-0.4, -0.2) is 23.1 Å². The molecule has 3 heteroatoms. The highest BCUT2D eigenvalue weighted by Crippen LogP contribution is 2.29. The molecule has 0 fully saturated rings. The van der Waals surface area contributed by atoms with Crippen molar-refractivity contribution >= 4 is 5.78 Å². The predicted octanol–water partition coefficient (Wildman–Crippen LogP) is 2.66. The van der Waals surface area contributed by atoms with Crippen LogP contribution in [0.15, 0.2) is 54.6 Å². The minimum atomic E-state index is -1.15. The van der Waals surface area contributed by atoms with Crippen LogP contribution in [0.3, 0.4) is 0 Å². The van der Waals surface area contributed by atoms with Crippen LogP contribution < -0.4 is 4.74 Å². The summed E-state index contributed by atoms with van der Waals surface area (Å²) in [5.41, 5.74) is -0.874. The highest BCUT2D eigenvalue weighted by Gasteiger charge is 2.34. The van der Waals surface area contributed by atoms with E-state index in [1.54, 1.807) is 0 Å². The SMILES string of the molecule is C=C1C(=O)C=CC1(O)CCCCOc1ccccc1. The third kappa shape index (κ3) is 3.32. The largest absolute Gasteiger partial charge is 0.494 e. The molecule has 0 heterocycles. The molecule has 0 amide bonds. The second kappa shape index (κ2) is 5.85. The maximum atomic E-state index is 11.3. The van der Waals surface area contributed by atoms with Crippen LogP contribution in [0.1, 0.15) is 19.3 Å². The lowest BCUT2D eigenvalue weighted by Crippen LogP contribution is -2.27. The van der Waals surface area contributed by atoms with E-state index in [9.17, 15) is 9.90 Å². The van der Waals surface area contributed by atoms with Gasteiger partial charge in [-0.25, -0.2) is 0 Å². The maximum Gasteiger partial charge on any atom is 0.184 e. The molecule has 2 rings (SSSR count). The van der Waals surface area contributed by atoms with Gasteiger partial charge in [0.1, 0.15) is 11.4 Å². The lowest BCUT2D eigenvalue weighted by Gasteiger charge is -2.21. The Morgan fingerprint density at radius 2 is 1.95 bits per heavy atom. The van der Waals surface area contributed by atoms with Gasteiger partial charge in [0.15, 0.2) is 5.78 Å². The summed E-state index contributed by atoms with van der Waals surface area (Å²) in [7, 11) is 0. The Morgan fingerprint density at radius 3 is 2.58 bits per heavy atom. The van der Waals surface area contributed by atoms with Crippen LogP contribution in [0, 0.1) is 0 Å². The van der Waals surface area contributed by atoms with Crippen LogP contribution >= 0.6 is 0 Å². The first-order valence-electron chi connectivity index (χ1n) is 6.45. The Hall–Kier alpha value is -1.87. The normalized spacial score (nSPS) is 21.9. The molecule has 19 heavy (non-hydrogen) atoms. The maximum absolute atomic E-state index is 11.3. The van der Waals surface area contributed by atoms with Gasteiger partial charge in [-0.3, -0.25) is 4.79 Å². The molecule has 0 spiro atoms. The third-order valence-corrected chi connectivity index (χ3v) is 3.29. The molecule has 0 saturated carbocycles. The van der Waals surface area contributed by atoms with E-state index in [1.165, 1.54) is 12.2 Å². The van der Waals surface area contributed by atoms with Crippen molar-refractivity contribution in [1.29, 1.82) is 0 Å². The van der Waals surface area contributed by atoms with Crippen LogP contribution in [0.4, 0.5) is 0 Å². The number of carbonyl (C=O) groups is 1. The molecule has 1 atom stereocenters. The summed E-state index contributed by atoms with van der Waals surface area (Å²) in [5, 5.41) is 10.2. The summed E-state index contributed by atoms with van der Waals surface area (Å²) >= 11 is 0. The van der Waals surface area contributed by atoms with Gasteiger partial charge in [-0.05, 0) is 43.5 Å². The number of aliphatic hydroxyl groups is 1. The zero-order chi connectivity index (χ0) is 13.7. The summed E-state index contributed by atoms with van der Waals surface area (Å²) in [5.74, 6) is 0.671. The molecule has 3 nitrogen and oxygen atoms in total. The average molecular weight is 258 g/mol. The molecule has 0 saturated heterocycles. The van der Waals surface area contributed by atoms with Crippen molar-refractivity contribution in [1.82, 2.24) is 0 Å². The van der Waals surface area contributed by atoms with Crippen molar-refractivity contribution in [2.75, 3.05) is 6.61 Å². The van der Waals surface area contributed by atoms with Gasteiger partial charge in [-0.1, -0.05) is 24.8 Å². The number of ether oxygens (including phenoxy) is 1. The standard InChI is InChI=1S/C16H18O3/c1-13-15(17)9-11-16(13,18)10-5-6-12-19-14-7-3-2-4-8-14/h2-4,7-9,11,18H,1,5-6,10,12H2. The van der Waals surface area contributed by atoms with Gasteiger partial charge in [-0.2, -0.15) is 0 Å². The topological polar surface area (TPSA) is 46.5 Å². The first-order chi connectivity index (χ1) is 9.12. The molecule has 1 aromatic carbocycles. The molecule has 0 radical (unpaired) electrons. The molecule has 0 aromatic heterocycles. The van der Waals surface area contributed by atoms with E-state index in [2.05, 4.69) is 6.58 Å². The molecule has 1 unspecified atom stereocenters. The number of hydrogen-bond donors (Lipinski definition) is 1. The Bertz CT molecular complexity index is 490. The fourth-order valence-electron chi connectivity index (χ4n) is 2.07. The van der Waals surface area contributed by atoms with Crippen LogP contribution in [0.5, 0.6) is 5.75 Å². The molecule has 1 aromatic rings. The number of hydrogen-bond acceptors (Lipinski definition) is 3. The van der Waals surface area contributed by atoms with E-state index >= 15 is 0 Å². The van der Waals surface area contributed by atoms with Gasteiger partial charge < -0.3 is 9.84 Å². The zero-order valence-corrected chi connectivity index (χ0v) is 10.8. The summed E-state index contributed by atoms with van der Waals surface area (Å²) < 4.78 is 5.56. The van der Waals surface area contributed by atoms with E-state index in [0.29, 0.717) is 13.0 Å². The van der Waals surface area contributed by atoms with Crippen molar-refractivity contribution in [2.45, 2.75) is 24.9 Å². The molecule has 0 aliphatic heterocycles. The van der Waals surface area contributed by atoms with E-state index in [-0.39, 0.29) is 11.4 Å². The lowest BCUT2D eigenvalue weighted by atomic mass is 9.92. The number of allylic oxidation sites excluding steroid dienone is 1. The van der Waals surface area contributed by atoms with Gasteiger partial charge in [0.05, 0.1) is 6.61 Å². The Labute approximate surface area is 113 Å². The third-order valence-electron chi connectivity index (χ3n) is 3.29. The van der Waals surface area contributed by atoms with Gasteiger partial charge >= 0.3 is 0 Å². The highest BCUT2D eigenvalue weighted by molar-refractivity contribution is 6.08. The van der Waals surface area contributed by atoms with Crippen LogP contribution in [0.2, 0.25) is 0 Å². The number of para-hydroxylation sites is 1.